The van der Waals surface area contributed by atoms with E-state index in [0.717, 1.165) is 29.4 Å². The molecule has 1 aromatic heterocycles. The zero-order chi connectivity index (χ0) is 11.1. The lowest BCUT2D eigenvalue weighted by Crippen LogP contribution is -2.02. The second kappa shape index (κ2) is 3.59. The van der Waals surface area contributed by atoms with Gasteiger partial charge in [-0.1, -0.05) is 6.07 Å². The molecule has 2 aromatic rings. The van der Waals surface area contributed by atoms with Crippen LogP contribution >= 0.6 is 0 Å². The molecule has 3 heteroatoms. The van der Waals surface area contributed by atoms with Gasteiger partial charge in [0, 0.05) is 13.1 Å². The van der Waals surface area contributed by atoms with Gasteiger partial charge >= 0.3 is 0 Å². The van der Waals surface area contributed by atoms with Crippen LogP contribution < -0.4 is 5.73 Å². The first-order chi connectivity index (χ1) is 7.78. The minimum atomic E-state index is 0.588. The van der Waals surface area contributed by atoms with Crippen molar-refractivity contribution in [1.82, 2.24) is 9.55 Å². The molecule has 3 rings (SSSR count). The molecule has 0 radical (unpaired) electrons. The fraction of sp³-hybridized carbons (Fsp3) is 0.462. The lowest BCUT2D eigenvalue weighted by molar-refractivity contribution is 0.626. The number of nitrogens with zero attached hydrogens (tertiary/aromatic N) is 2. The van der Waals surface area contributed by atoms with Crippen molar-refractivity contribution in [3.63, 3.8) is 0 Å². The lowest BCUT2D eigenvalue weighted by Gasteiger charge is -2.05. The highest BCUT2D eigenvalue weighted by Gasteiger charge is 2.23. The number of nitrogens with two attached hydrogens (primary N) is 1. The fourth-order valence-corrected chi connectivity index (χ4v) is 2.21. The molecule has 0 amide bonds. The Morgan fingerprint density at radius 2 is 2.25 bits per heavy atom. The van der Waals surface area contributed by atoms with Crippen molar-refractivity contribution in [2.24, 2.45) is 11.7 Å². The van der Waals surface area contributed by atoms with Crippen molar-refractivity contribution < 1.29 is 0 Å². The number of benzene rings is 1. The SMILES string of the molecule is Cc1nc2cc(CN)ccc2n1CC1CC1. The second-order valence-corrected chi connectivity index (χ2v) is 4.74. The third-order valence-corrected chi connectivity index (χ3v) is 3.38. The van der Waals surface area contributed by atoms with Gasteiger partial charge in [-0.15, -0.1) is 0 Å². The molecule has 1 aromatic carbocycles. The summed E-state index contributed by atoms with van der Waals surface area (Å²) in [5.41, 5.74) is 9.13. The molecule has 3 nitrogen and oxygen atoms in total. The van der Waals surface area contributed by atoms with Gasteiger partial charge in [-0.25, -0.2) is 4.98 Å². The van der Waals surface area contributed by atoms with Crippen LogP contribution in [0.1, 0.15) is 24.2 Å². The molecule has 0 unspecified atom stereocenters. The van der Waals surface area contributed by atoms with E-state index in [4.69, 9.17) is 5.73 Å². The zero-order valence-electron chi connectivity index (χ0n) is 9.61. The van der Waals surface area contributed by atoms with E-state index in [-0.39, 0.29) is 0 Å². The van der Waals surface area contributed by atoms with E-state index < -0.39 is 0 Å². The molecular formula is C13H17N3. The normalized spacial score (nSPS) is 15.9. The number of hydrogen-bond donors (Lipinski definition) is 1. The van der Waals surface area contributed by atoms with Crippen LogP contribution in [0.25, 0.3) is 11.0 Å². The summed E-state index contributed by atoms with van der Waals surface area (Å²) in [4.78, 5) is 4.61. The number of imidazole rings is 1. The number of rotatable bonds is 3. The molecule has 1 saturated carbocycles. The molecule has 16 heavy (non-hydrogen) atoms. The van der Waals surface area contributed by atoms with Crippen LogP contribution in [0.2, 0.25) is 0 Å². The fourth-order valence-electron chi connectivity index (χ4n) is 2.21. The predicted molar refractivity (Wildman–Crippen MR) is 65.1 cm³/mol. The van der Waals surface area contributed by atoms with Gasteiger partial charge in [0.2, 0.25) is 0 Å². The van der Waals surface area contributed by atoms with E-state index in [1.807, 2.05) is 0 Å². The minimum absolute atomic E-state index is 0.588. The Morgan fingerprint density at radius 3 is 2.94 bits per heavy atom. The standard InChI is InChI=1S/C13H17N3/c1-9-15-12-6-11(7-14)4-5-13(12)16(9)8-10-2-3-10/h4-6,10H,2-3,7-8,14H2,1H3. The maximum Gasteiger partial charge on any atom is 0.106 e. The van der Waals surface area contributed by atoms with E-state index in [2.05, 4.69) is 34.7 Å². The molecule has 1 aliphatic carbocycles. The van der Waals surface area contributed by atoms with Gasteiger partial charge < -0.3 is 10.3 Å². The highest BCUT2D eigenvalue weighted by Crippen LogP contribution is 2.32. The molecule has 1 aliphatic rings. The largest absolute Gasteiger partial charge is 0.328 e. The molecule has 84 valence electrons. The van der Waals surface area contributed by atoms with Crippen LogP contribution in [-0.4, -0.2) is 9.55 Å². The van der Waals surface area contributed by atoms with Gasteiger partial charge in [0.25, 0.3) is 0 Å². The number of hydrogen-bond acceptors (Lipinski definition) is 2. The second-order valence-electron chi connectivity index (χ2n) is 4.74. The van der Waals surface area contributed by atoms with Crippen LogP contribution in [-0.2, 0) is 13.1 Å². The molecule has 0 atom stereocenters. The van der Waals surface area contributed by atoms with Gasteiger partial charge in [0.1, 0.15) is 5.82 Å². The van der Waals surface area contributed by atoms with E-state index in [1.54, 1.807) is 0 Å². The van der Waals surface area contributed by atoms with Crippen molar-refractivity contribution in [2.45, 2.75) is 32.9 Å². The van der Waals surface area contributed by atoms with Gasteiger partial charge in [-0.3, -0.25) is 0 Å². The van der Waals surface area contributed by atoms with E-state index in [0.29, 0.717) is 6.54 Å². The van der Waals surface area contributed by atoms with Crippen molar-refractivity contribution >= 4 is 11.0 Å². The van der Waals surface area contributed by atoms with Crippen LogP contribution in [0.3, 0.4) is 0 Å². The van der Waals surface area contributed by atoms with Gasteiger partial charge in [-0.05, 0) is 43.4 Å². The summed E-state index contributed by atoms with van der Waals surface area (Å²) < 4.78 is 2.34. The topological polar surface area (TPSA) is 43.8 Å². The number of aryl methyl sites for hydroxylation is 1. The van der Waals surface area contributed by atoms with Crippen molar-refractivity contribution in [3.05, 3.63) is 29.6 Å². The minimum Gasteiger partial charge on any atom is -0.328 e. The number of aromatic nitrogens is 2. The van der Waals surface area contributed by atoms with Gasteiger partial charge in [0.05, 0.1) is 11.0 Å². The molecule has 0 spiro atoms. The predicted octanol–water partition coefficient (Wildman–Crippen LogP) is 2.21. The first-order valence-corrected chi connectivity index (χ1v) is 5.94. The quantitative estimate of drug-likeness (QED) is 0.853. The summed E-state index contributed by atoms with van der Waals surface area (Å²) in [5.74, 6) is 2.00. The molecule has 1 fully saturated rings. The monoisotopic (exact) mass is 215 g/mol. The smallest absolute Gasteiger partial charge is 0.106 e. The highest BCUT2D eigenvalue weighted by molar-refractivity contribution is 5.76. The Kier molecular flexibility index (Phi) is 2.21. The van der Waals surface area contributed by atoms with E-state index >= 15 is 0 Å². The summed E-state index contributed by atoms with van der Waals surface area (Å²) in [6.45, 7) is 3.80. The first-order valence-electron chi connectivity index (χ1n) is 5.94. The van der Waals surface area contributed by atoms with Crippen LogP contribution in [0.15, 0.2) is 18.2 Å². The average Bonchev–Trinajstić information content (AvgIpc) is 3.04. The van der Waals surface area contributed by atoms with Crippen molar-refractivity contribution in [3.8, 4) is 0 Å². The number of fused-ring (bicyclic) bond motifs is 1. The van der Waals surface area contributed by atoms with E-state index in [1.165, 1.54) is 18.4 Å². The Morgan fingerprint density at radius 1 is 1.44 bits per heavy atom. The van der Waals surface area contributed by atoms with Gasteiger partial charge in [0.15, 0.2) is 0 Å². The molecule has 0 aliphatic heterocycles. The summed E-state index contributed by atoms with van der Waals surface area (Å²) in [7, 11) is 0. The zero-order valence-corrected chi connectivity index (χ0v) is 9.61. The Labute approximate surface area is 95.3 Å². The third-order valence-electron chi connectivity index (χ3n) is 3.38. The molecule has 0 saturated heterocycles. The summed E-state index contributed by atoms with van der Waals surface area (Å²) in [5, 5.41) is 0. The maximum absolute atomic E-state index is 5.64. The molecule has 2 N–H and O–H groups in total. The van der Waals surface area contributed by atoms with Crippen molar-refractivity contribution in [2.75, 3.05) is 0 Å². The summed E-state index contributed by atoms with van der Waals surface area (Å²) in [6, 6.07) is 6.36. The molecule has 0 bridgehead atoms. The van der Waals surface area contributed by atoms with Gasteiger partial charge in [-0.2, -0.15) is 0 Å². The Hall–Kier alpha value is -1.35. The van der Waals surface area contributed by atoms with Crippen LogP contribution in [0.4, 0.5) is 0 Å². The van der Waals surface area contributed by atoms with E-state index in [9.17, 15) is 0 Å². The molecule has 1 heterocycles. The van der Waals surface area contributed by atoms with Crippen LogP contribution in [0, 0.1) is 12.8 Å². The molecular weight excluding hydrogens is 198 g/mol. The highest BCUT2D eigenvalue weighted by atomic mass is 15.1. The Balaban J connectivity index is 2.08. The van der Waals surface area contributed by atoms with Crippen molar-refractivity contribution in [1.29, 1.82) is 0 Å². The summed E-state index contributed by atoms with van der Waals surface area (Å²) >= 11 is 0. The van der Waals surface area contributed by atoms with Crippen LogP contribution in [0.5, 0.6) is 0 Å². The first kappa shape index (κ1) is 9.85. The maximum atomic E-state index is 5.64. The lowest BCUT2D eigenvalue weighted by atomic mass is 10.2. The third kappa shape index (κ3) is 1.61. The Bertz CT molecular complexity index is 523. The summed E-state index contributed by atoms with van der Waals surface area (Å²) in [6.07, 6.45) is 2.75. The average molecular weight is 215 g/mol.